The van der Waals surface area contributed by atoms with Crippen LogP contribution in [0.2, 0.25) is 0 Å². The second-order valence-corrected chi connectivity index (χ2v) is 2.99. The van der Waals surface area contributed by atoms with Crippen molar-refractivity contribution in [1.82, 2.24) is 14.5 Å². The molecule has 0 saturated carbocycles. The molecule has 5 heteroatoms. The molecule has 2 heterocycles. The Hall–Kier alpha value is -2.17. The van der Waals surface area contributed by atoms with Crippen LogP contribution in [0.15, 0.2) is 35.3 Å². The summed E-state index contributed by atoms with van der Waals surface area (Å²) in [6.07, 6.45) is 4.09. The normalized spacial score (nSPS) is 10.1. The molecule has 2 rings (SSSR count). The van der Waals surface area contributed by atoms with Crippen LogP contribution in [0.4, 0.5) is 5.95 Å². The van der Waals surface area contributed by atoms with E-state index in [0.29, 0.717) is 6.54 Å². The number of anilines is 1. The summed E-state index contributed by atoms with van der Waals surface area (Å²) in [4.78, 5) is 19.3. The van der Waals surface area contributed by atoms with Crippen molar-refractivity contribution in [3.05, 3.63) is 52.7 Å². The molecule has 0 amide bonds. The summed E-state index contributed by atoms with van der Waals surface area (Å²) in [5, 5.41) is 0. The van der Waals surface area contributed by atoms with Crippen molar-refractivity contribution in [3.8, 4) is 0 Å². The number of hydrogen-bond acceptors (Lipinski definition) is 4. The number of pyridine rings is 1. The molecule has 0 saturated heterocycles. The fourth-order valence-corrected chi connectivity index (χ4v) is 1.22. The molecule has 0 bridgehead atoms. The van der Waals surface area contributed by atoms with Crippen molar-refractivity contribution in [2.24, 2.45) is 0 Å². The highest BCUT2D eigenvalue weighted by molar-refractivity contribution is 5.18. The first kappa shape index (κ1) is 9.39. The molecule has 0 aliphatic rings. The Morgan fingerprint density at radius 3 is 3.00 bits per heavy atom. The van der Waals surface area contributed by atoms with E-state index in [2.05, 4.69) is 16.2 Å². The molecule has 75 valence electrons. The van der Waals surface area contributed by atoms with E-state index in [1.807, 2.05) is 18.2 Å². The van der Waals surface area contributed by atoms with Gasteiger partial charge in [0.25, 0.3) is 5.56 Å². The molecule has 0 spiro atoms. The summed E-state index contributed by atoms with van der Waals surface area (Å²) < 4.78 is 1.35. The minimum atomic E-state index is -0.229. The Bertz CT molecular complexity index is 506. The topological polar surface area (TPSA) is 73.8 Å². The first-order valence-corrected chi connectivity index (χ1v) is 4.40. The van der Waals surface area contributed by atoms with E-state index in [1.54, 1.807) is 6.20 Å². The van der Waals surface area contributed by atoms with Gasteiger partial charge in [0.1, 0.15) is 0 Å². The molecular weight excluding hydrogens is 192 g/mol. The van der Waals surface area contributed by atoms with Crippen molar-refractivity contribution in [1.29, 1.82) is 0 Å². The summed E-state index contributed by atoms with van der Waals surface area (Å²) in [6.45, 7) is 0.327. The second kappa shape index (κ2) is 3.91. The van der Waals surface area contributed by atoms with Gasteiger partial charge in [-0.15, -0.1) is 0 Å². The van der Waals surface area contributed by atoms with Gasteiger partial charge in [-0.05, 0) is 12.1 Å². The Morgan fingerprint density at radius 2 is 2.33 bits per heavy atom. The first-order valence-electron chi connectivity index (χ1n) is 4.40. The van der Waals surface area contributed by atoms with E-state index in [9.17, 15) is 4.79 Å². The van der Waals surface area contributed by atoms with Crippen molar-refractivity contribution in [2.75, 3.05) is 5.73 Å². The van der Waals surface area contributed by atoms with Crippen molar-refractivity contribution in [3.63, 3.8) is 0 Å². The molecule has 0 aromatic carbocycles. The van der Waals surface area contributed by atoms with E-state index in [1.165, 1.54) is 10.6 Å². The summed E-state index contributed by atoms with van der Waals surface area (Å²) in [6, 6.07) is 6.74. The minimum Gasteiger partial charge on any atom is -0.369 e. The maximum atomic E-state index is 11.4. The molecule has 0 unspecified atom stereocenters. The highest BCUT2D eigenvalue weighted by atomic mass is 16.1. The van der Waals surface area contributed by atoms with E-state index in [-0.39, 0.29) is 11.5 Å². The highest BCUT2D eigenvalue weighted by Crippen LogP contribution is 1.99. The number of nitrogens with zero attached hydrogens (tertiary/aromatic N) is 3. The van der Waals surface area contributed by atoms with Crippen LogP contribution >= 0.6 is 0 Å². The summed E-state index contributed by atoms with van der Waals surface area (Å²) in [5.41, 5.74) is 6.10. The zero-order chi connectivity index (χ0) is 10.7. The van der Waals surface area contributed by atoms with Gasteiger partial charge in [-0.25, -0.2) is 4.98 Å². The molecular formula is C10H9N4O. The lowest BCUT2D eigenvalue weighted by atomic mass is 10.3. The smallest absolute Gasteiger partial charge is 0.255 e. The summed E-state index contributed by atoms with van der Waals surface area (Å²) in [5.74, 6) is 0.146. The first-order chi connectivity index (χ1) is 7.27. The van der Waals surface area contributed by atoms with E-state index >= 15 is 0 Å². The molecule has 5 nitrogen and oxygen atoms in total. The van der Waals surface area contributed by atoms with Gasteiger partial charge >= 0.3 is 0 Å². The molecule has 2 N–H and O–H groups in total. The number of nitrogens with two attached hydrogens (primary N) is 1. The summed E-state index contributed by atoms with van der Waals surface area (Å²) >= 11 is 0. The fraction of sp³-hybridized carbons (Fsp3) is 0.100. The van der Waals surface area contributed by atoms with Crippen molar-refractivity contribution >= 4 is 5.95 Å². The number of hydrogen-bond donors (Lipinski definition) is 1. The molecule has 0 aliphatic heterocycles. The van der Waals surface area contributed by atoms with Gasteiger partial charge in [0, 0.05) is 12.3 Å². The molecule has 1 radical (unpaired) electrons. The van der Waals surface area contributed by atoms with Crippen LogP contribution in [0, 0.1) is 6.20 Å². The number of rotatable bonds is 2. The lowest BCUT2D eigenvalue weighted by Gasteiger charge is -2.06. The van der Waals surface area contributed by atoms with E-state index in [0.717, 1.165) is 5.69 Å². The summed E-state index contributed by atoms with van der Waals surface area (Å²) in [7, 11) is 0. The van der Waals surface area contributed by atoms with Gasteiger partial charge in [-0.2, -0.15) is 0 Å². The fourth-order valence-electron chi connectivity index (χ4n) is 1.22. The number of nitrogen functional groups attached to an aromatic ring is 1. The Morgan fingerprint density at radius 1 is 1.47 bits per heavy atom. The van der Waals surface area contributed by atoms with Crippen LogP contribution in [-0.4, -0.2) is 14.5 Å². The average molecular weight is 201 g/mol. The van der Waals surface area contributed by atoms with Gasteiger partial charge in [0.15, 0.2) is 0 Å². The minimum absolute atomic E-state index is 0.146. The molecule has 0 fully saturated rings. The predicted molar refractivity (Wildman–Crippen MR) is 55.1 cm³/mol. The van der Waals surface area contributed by atoms with Crippen LogP contribution in [0.1, 0.15) is 5.69 Å². The van der Waals surface area contributed by atoms with Crippen LogP contribution in [0.3, 0.4) is 0 Å². The third-order valence-corrected chi connectivity index (χ3v) is 1.96. The zero-order valence-corrected chi connectivity index (χ0v) is 7.92. The monoisotopic (exact) mass is 201 g/mol. The molecule has 0 atom stereocenters. The average Bonchev–Trinajstić information content (AvgIpc) is 2.25. The van der Waals surface area contributed by atoms with Crippen molar-refractivity contribution in [2.45, 2.75) is 6.54 Å². The SMILES string of the molecule is Nc1n[c]cc(=O)n1Cc1ccccn1. The third-order valence-electron chi connectivity index (χ3n) is 1.96. The Kier molecular flexibility index (Phi) is 2.45. The van der Waals surface area contributed by atoms with Crippen molar-refractivity contribution < 1.29 is 0 Å². The van der Waals surface area contributed by atoms with Crippen LogP contribution in [-0.2, 0) is 6.54 Å². The standard InChI is InChI=1S/C10H9N4O/c11-10-13-6-4-9(15)14(10)7-8-3-1-2-5-12-8/h1-5H,7H2,(H2,11,13). The molecule has 2 aromatic rings. The Balaban J connectivity index is 2.37. The van der Waals surface area contributed by atoms with E-state index in [4.69, 9.17) is 5.73 Å². The van der Waals surface area contributed by atoms with Gasteiger partial charge in [0.2, 0.25) is 5.95 Å². The molecule has 2 aromatic heterocycles. The second-order valence-electron chi connectivity index (χ2n) is 2.99. The predicted octanol–water partition coefficient (Wildman–Crippen LogP) is 0.0690. The molecule has 0 aliphatic carbocycles. The van der Waals surface area contributed by atoms with Gasteiger partial charge in [-0.3, -0.25) is 14.3 Å². The third kappa shape index (κ3) is 2.01. The number of aromatic nitrogens is 3. The van der Waals surface area contributed by atoms with Gasteiger partial charge in [0.05, 0.1) is 18.4 Å². The van der Waals surface area contributed by atoms with Crippen LogP contribution < -0.4 is 11.3 Å². The maximum absolute atomic E-state index is 11.4. The quantitative estimate of drug-likeness (QED) is 0.746. The van der Waals surface area contributed by atoms with E-state index < -0.39 is 0 Å². The molecule has 15 heavy (non-hydrogen) atoms. The maximum Gasteiger partial charge on any atom is 0.255 e. The lowest BCUT2D eigenvalue weighted by molar-refractivity contribution is 0.732. The van der Waals surface area contributed by atoms with Gasteiger partial charge in [-0.1, -0.05) is 6.07 Å². The van der Waals surface area contributed by atoms with Crippen LogP contribution in [0.25, 0.3) is 0 Å². The largest absolute Gasteiger partial charge is 0.369 e. The lowest BCUT2D eigenvalue weighted by Crippen LogP contribution is -2.24. The van der Waals surface area contributed by atoms with Gasteiger partial charge < -0.3 is 5.73 Å². The Labute approximate surface area is 86.2 Å². The highest BCUT2D eigenvalue weighted by Gasteiger charge is 2.02. The zero-order valence-electron chi connectivity index (χ0n) is 7.92. The van der Waals surface area contributed by atoms with Crippen LogP contribution in [0.5, 0.6) is 0 Å².